The molecule has 0 spiro atoms. The molecule has 1 saturated heterocycles. The van der Waals surface area contributed by atoms with Gasteiger partial charge in [-0.25, -0.2) is 9.97 Å². The van der Waals surface area contributed by atoms with E-state index in [0.717, 1.165) is 41.4 Å². The van der Waals surface area contributed by atoms with Crippen LogP contribution in [0.2, 0.25) is 0 Å². The van der Waals surface area contributed by atoms with Crippen LogP contribution in [0.5, 0.6) is 0 Å². The maximum atomic E-state index is 9.18. The molecule has 22 heavy (non-hydrogen) atoms. The first-order valence-corrected chi connectivity index (χ1v) is 7.99. The van der Waals surface area contributed by atoms with Gasteiger partial charge in [0.05, 0.1) is 18.8 Å². The average molecular weight is 298 g/mol. The zero-order valence-corrected chi connectivity index (χ0v) is 13.2. The predicted octanol–water partition coefficient (Wildman–Crippen LogP) is 1.89. The smallest absolute Gasteiger partial charge is 0.128 e. The second-order valence-electron chi connectivity index (χ2n) is 6.64. The summed E-state index contributed by atoms with van der Waals surface area (Å²) < 4.78 is 2.07. The van der Waals surface area contributed by atoms with Crippen molar-refractivity contribution in [3.8, 4) is 0 Å². The molecule has 0 radical (unpaired) electrons. The molecule has 0 bridgehead atoms. The normalized spacial score (nSPS) is 23.0. The van der Waals surface area contributed by atoms with Gasteiger partial charge < -0.3 is 14.6 Å². The third kappa shape index (κ3) is 2.39. The Hall–Kier alpha value is -1.88. The molecule has 0 aromatic carbocycles. The maximum Gasteiger partial charge on any atom is 0.128 e. The van der Waals surface area contributed by atoms with Crippen LogP contribution in [0.1, 0.15) is 29.2 Å². The number of hydrogen-bond donors (Lipinski definition) is 1. The summed E-state index contributed by atoms with van der Waals surface area (Å²) in [6, 6.07) is 4.33. The van der Waals surface area contributed by atoms with E-state index >= 15 is 0 Å². The van der Waals surface area contributed by atoms with E-state index in [4.69, 9.17) is 4.98 Å². The lowest BCUT2D eigenvalue weighted by molar-refractivity contribution is 0.277. The Bertz CT molecular complexity index is 699. The molecule has 2 aliphatic rings. The van der Waals surface area contributed by atoms with Gasteiger partial charge in [-0.05, 0) is 43.7 Å². The van der Waals surface area contributed by atoms with E-state index in [-0.39, 0.29) is 6.61 Å². The third-order valence-corrected chi connectivity index (χ3v) is 5.01. The Morgan fingerprint density at radius 1 is 1.18 bits per heavy atom. The van der Waals surface area contributed by atoms with Gasteiger partial charge in [0.15, 0.2) is 0 Å². The van der Waals surface area contributed by atoms with E-state index in [1.54, 1.807) is 0 Å². The average Bonchev–Trinajstić information content (AvgIpc) is 2.95. The quantitative estimate of drug-likeness (QED) is 0.936. The number of anilines is 1. The van der Waals surface area contributed by atoms with Crippen molar-refractivity contribution in [2.75, 3.05) is 18.0 Å². The zero-order valence-electron chi connectivity index (χ0n) is 13.2. The molecular formula is C17H22N4O. The molecule has 5 nitrogen and oxygen atoms in total. The minimum atomic E-state index is -0.0126. The van der Waals surface area contributed by atoms with Crippen LogP contribution in [0, 0.1) is 25.7 Å². The van der Waals surface area contributed by atoms with E-state index in [1.165, 1.54) is 25.1 Å². The fourth-order valence-corrected chi connectivity index (χ4v) is 3.50. The molecule has 5 heteroatoms. The highest BCUT2D eigenvalue weighted by Crippen LogP contribution is 2.45. The highest BCUT2D eigenvalue weighted by Gasteiger charge is 2.45. The summed E-state index contributed by atoms with van der Waals surface area (Å²) in [5, 5.41) is 9.18. The summed E-state index contributed by atoms with van der Waals surface area (Å²) >= 11 is 0. The van der Waals surface area contributed by atoms with Crippen molar-refractivity contribution in [1.82, 2.24) is 14.5 Å². The first-order valence-electron chi connectivity index (χ1n) is 7.99. The van der Waals surface area contributed by atoms with E-state index in [9.17, 15) is 5.11 Å². The van der Waals surface area contributed by atoms with Crippen LogP contribution < -0.4 is 4.90 Å². The third-order valence-electron chi connectivity index (χ3n) is 5.01. The van der Waals surface area contributed by atoms with Gasteiger partial charge in [-0.1, -0.05) is 6.07 Å². The van der Waals surface area contributed by atoms with Crippen LogP contribution in [0.25, 0.3) is 0 Å². The van der Waals surface area contributed by atoms with Gasteiger partial charge in [0, 0.05) is 25.0 Å². The molecule has 0 amide bonds. The fourth-order valence-electron chi connectivity index (χ4n) is 3.50. The Kier molecular flexibility index (Phi) is 3.18. The van der Waals surface area contributed by atoms with E-state index in [2.05, 4.69) is 33.5 Å². The van der Waals surface area contributed by atoms with Crippen LogP contribution in [0.3, 0.4) is 0 Å². The molecule has 116 valence electrons. The van der Waals surface area contributed by atoms with Crippen LogP contribution >= 0.6 is 0 Å². The molecule has 2 aromatic rings. The molecule has 1 N–H and O–H groups in total. The Labute approximate surface area is 130 Å². The minimum absolute atomic E-state index is 0.0126. The van der Waals surface area contributed by atoms with Gasteiger partial charge in [-0.15, -0.1) is 0 Å². The summed E-state index contributed by atoms with van der Waals surface area (Å²) in [6.07, 6.45) is 3.33. The van der Waals surface area contributed by atoms with Crippen LogP contribution in [0.4, 0.5) is 5.82 Å². The molecule has 1 aliphatic carbocycles. The molecule has 2 aromatic heterocycles. The minimum Gasteiger partial charge on any atom is -0.390 e. The van der Waals surface area contributed by atoms with Crippen LogP contribution in [0.15, 0.2) is 18.3 Å². The SMILES string of the molecule is Cc1nc(N2CC3CC3C2)ccc1Cn1cc(CO)nc1C. The van der Waals surface area contributed by atoms with Crippen molar-refractivity contribution >= 4 is 5.82 Å². The number of pyridine rings is 1. The van der Waals surface area contributed by atoms with Gasteiger partial charge in [0.25, 0.3) is 0 Å². The van der Waals surface area contributed by atoms with Gasteiger partial charge in [0.2, 0.25) is 0 Å². The second-order valence-corrected chi connectivity index (χ2v) is 6.64. The lowest BCUT2D eigenvalue weighted by Crippen LogP contribution is -2.23. The maximum absolute atomic E-state index is 9.18. The predicted molar refractivity (Wildman–Crippen MR) is 84.8 cm³/mol. The molecule has 1 saturated carbocycles. The molecule has 2 unspecified atom stereocenters. The number of rotatable bonds is 4. The van der Waals surface area contributed by atoms with Gasteiger partial charge in [0.1, 0.15) is 11.6 Å². The molecule has 2 fully saturated rings. The number of aliphatic hydroxyl groups excluding tert-OH is 1. The van der Waals surface area contributed by atoms with Crippen molar-refractivity contribution in [3.05, 3.63) is 41.1 Å². The number of fused-ring (bicyclic) bond motifs is 1. The van der Waals surface area contributed by atoms with Crippen LogP contribution in [-0.4, -0.2) is 32.7 Å². The van der Waals surface area contributed by atoms with E-state index in [0.29, 0.717) is 0 Å². The topological polar surface area (TPSA) is 54.2 Å². The summed E-state index contributed by atoms with van der Waals surface area (Å²) in [5.74, 6) is 3.89. The van der Waals surface area contributed by atoms with E-state index in [1.807, 2.05) is 13.1 Å². The summed E-state index contributed by atoms with van der Waals surface area (Å²) in [5.41, 5.74) is 3.01. The summed E-state index contributed by atoms with van der Waals surface area (Å²) in [6.45, 7) is 7.14. The number of aliphatic hydroxyl groups is 1. The van der Waals surface area contributed by atoms with Crippen molar-refractivity contribution < 1.29 is 5.11 Å². The number of hydrogen-bond acceptors (Lipinski definition) is 4. The first kappa shape index (κ1) is 13.8. The van der Waals surface area contributed by atoms with E-state index < -0.39 is 0 Å². The summed E-state index contributed by atoms with van der Waals surface area (Å²) in [7, 11) is 0. The Balaban J connectivity index is 1.53. The zero-order chi connectivity index (χ0) is 15.3. The Morgan fingerprint density at radius 2 is 1.95 bits per heavy atom. The van der Waals surface area contributed by atoms with Gasteiger partial charge >= 0.3 is 0 Å². The standard InChI is InChI=1S/C17H22N4O/c1-11-13(6-20-9-16(10-22)19-12(20)2)3-4-17(18-11)21-7-14-5-15(14)8-21/h3-4,9,14-15,22H,5-8,10H2,1-2H3. The lowest BCUT2D eigenvalue weighted by atomic mass is 10.2. The van der Waals surface area contributed by atoms with Gasteiger partial charge in [-0.2, -0.15) is 0 Å². The molecule has 4 rings (SSSR count). The Morgan fingerprint density at radius 3 is 2.59 bits per heavy atom. The number of aromatic nitrogens is 3. The molecule has 3 heterocycles. The fraction of sp³-hybridized carbons (Fsp3) is 0.529. The number of piperidine rings is 1. The number of imidazole rings is 1. The van der Waals surface area contributed by atoms with Crippen molar-refractivity contribution in [3.63, 3.8) is 0 Å². The number of aryl methyl sites for hydroxylation is 2. The lowest BCUT2D eigenvalue weighted by Gasteiger charge is -2.20. The van der Waals surface area contributed by atoms with Gasteiger partial charge in [-0.3, -0.25) is 0 Å². The molecular weight excluding hydrogens is 276 g/mol. The second kappa shape index (κ2) is 5.09. The van der Waals surface area contributed by atoms with Crippen molar-refractivity contribution in [1.29, 1.82) is 0 Å². The molecule has 1 aliphatic heterocycles. The monoisotopic (exact) mass is 298 g/mol. The number of nitrogens with zero attached hydrogens (tertiary/aromatic N) is 4. The highest BCUT2D eigenvalue weighted by atomic mass is 16.3. The summed E-state index contributed by atoms with van der Waals surface area (Å²) in [4.78, 5) is 11.6. The van der Waals surface area contributed by atoms with Crippen LogP contribution in [-0.2, 0) is 13.2 Å². The first-order chi connectivity index (χ1) is 10.6. The van der Waals surface area contributed by atoms with Crippen molar-refractivity contribution in [2.24, 2.45) is 11.8 Å². The highest BCUT2D eigenvalue weighted by molar-refractivity contribution is 5.44. The largest absolute Gasteiger partial charge is 0.390 e. The van der Waals surface area contributed by atoms with Crippen molar-refractivity contribution in [2.45, 2.75) is 33.4 Å². The molecule has 2 atom stereocenters.